The molecule has 138 heavy (non-hydrogen) atoms. The highest BCUT2D eigenvalue weighted by Crippen LogP contribution is 2.36. The number of nitrogens with zero attached hydrogens (tertiary/aromatic N) is 6. The standard InChI is InChI=1S/C24H30N2O6.C22H24N2O5.C20H20N2O5.C18H18O7.C11H22N2O2.C7H7F2N/c1-3-30-23(28)19-15-26(18-11-8-13-25-14-12-18)20(24(29)31-4-2)22(21(19)27)32-16-17-9-6-5-7-10-17;1-2-28-22(27)17-13-24-16-9-6-11-23(12-10-16)21(26)18(24)20(19(17)25)29-14-15-7-4-3-5-8-15;23-17-15(20(25)26)11-22-14-7-4-9-21(10-8-14)19(24)16(22)18(17)27-12-13-5-2-1-3-6-13;1-3-22-17(20)13-11-25-16(18(21)23-4-2)15(14(13)19)24-10-12-8-6-5-7-9-12;1-11(2,3)15-10(14)13-7-4-5-9(12)6-8-13;8-6-2-1-5(4-10)7(9)3-6/h5-7,9-10,15,18,25H,3-4,8,11-14,16H2,1-2H3;3-5,7-8,13,16H,2,6,9-12,14H2,1H3;1-3,5-6,11,14H,4,7-10,12H2,(H,25,26);5-9,11H,3-4,10H2,1-2H3;9H,4-8,12H2,1-3H3;1-3H,4,10H2. The van der Waals surface area contributed by atoms with Crippen LogP contribution in [0.5, 0.6) is 23.0 Å². The van der Waals surface area contributed by atoms with Crippen LogP contribution in [0.1, 0.15) is 262 Å². The maximum atomic E-state index is 13.3. The molecule has 0 saturated carbocycles. The number of halogens is 2. The third-order valence-electron chi connectivity index (χ3n) is 22.8. The van der Waals surface area contributed by atoms with Gasteiger partial charge in [0, 0.05) is 100 Å². The molecule has 738 valence electrons. The zero-order valence-electron chi connectivity index (χ0n) is 79.0. The predicted molar refractivity (Wildman–Crippen MR) is 504 cm³/mol. The molecular weight excluding hydrogens is 1790 g/mol. The minimum absolute atomic E-state index is 0.0181. The van der Waals surface area contributed by atoms with Crippen LogP contribution in [0.15, 0.2) is 188 Å². The molecule has 6 aliphatic heterocycles. The maximum Gasteiger partial charge on any atom is 0.410 e. The van der Waals surface area contributed by atoms with Gasteiger partial charge in [0.2, 0.25) is 27.5 Å². The van der Waals surface area contributed by atoms with Crippen molar-refractivity contribution < 1.29 is 109 Å². The number of rotatable bonds is 25. The molecule has 0 aliphatic carbocycles. The first kappa shape index (κ1) is 106. The number of carboxylic acids is 1. The van der Waals surface area contributed by atoms with Crippen molar-refractivity contribution >= 4 is 53.7 Å². The number of hydrogen-bond acceptors (Lipinski definition) is 27. The van der Waals surface area contributed by atoms with Crippen LogP contribution in [0.2, 0.25) is 0 Å². The Hall–Kier alpha value is -14.1. The van der Waals surface area contributed by atoms with Crippen LogP contribution in [-0.2, 0) is 61.4 Å². The van der Waals surface area contributed by atoms with Crippen molar-refractivity contribution in [2.24, 2.45) is 11.5 Å². The van der Waals surface area contributed by atoms with E-state index in [9.17, 15) is 76.2 Å². The van der Waals surface area contributed by atoms with Gasteiger partial charge in [0.05, 0.1) is 33.0 Å². The average Bonchev–Trinajstić information content (AvgIpc) is 1.29. The topological polar surface area (TPSA) is 436 Å². The van der Waals surface area contributed by atoms with Crippen LogP contribution < -0.4 is 57.4 Å². The van der Waals surface area contributed by atoms with Crippen LogP contribution in [0.4, 0.5) is 13.6 Å². The van der Waals surface area contributed by atoms with E-state index in [1.807, 2.05) is 130 Å². The number of pyridine rings is 3. The maximum absolute atomic E-state index is 13.3. The third kappa shape index (κ3) is 29.0. The van der Waals surface area contributed by atoms with Crippen molar-refractivity contribution in [2.75, 3.05) is 85.4 Å². The minimum atomic E-state index is -1.32. The third-order valence-corrected chi connectivity index (χ3v) is 22.8. The molecule has 5 aromatic carbocycles. The van der Waals surface area contributed by atoms with Crippen molar-refractivity contribution in [2.45, 2.75) is 195 Å². The molecular formula is C102H121F2N9O25. The molecule has 4 unspecified atom stereocenters. The van der Waals surface area contributed by atoms with E-state index >= 15 is 0 Å². The van der Waals surface area contributed by atoms with Gasteiger partial charge in [-0.05, 0) is 174 Å². The van der Waals surface area contributed by atoms with Gasteiger partial charge in [0.15, 0.2) is 34.3 Å². The Balaban J connectivity index is 0.000000176. The van der Waals surface area contributed by atoms with E-state index in [2.05, 4.69) is 5.32 Å². The number of hydrogen-bond donors (Lipinski definition) is 4. The summed E-state index contributed by atoms with van der Waals surface area (Å²) in [6.07, 6.45) is 15.1. The summed E-state index contributed by atoms with van der Waals surface area (Å²) in [6, 6.07) is 40.5. The molecule has 34 nitrogen and oxygen atoms in total. The van der Waals surface area contributed by atoms with Crippen LogP contribution >= 0.6 is 0 Å². The summed E-state index contributed by atoms with van der Waals surface area (Å²) in [5.74, 6) is -7.93. The number of aromatic nitrogens is 3. The lowest BCUT2D eigenvalue weighted by Gasteiger charge is -2.26. The van der Waals surface area contributed by atoms with Gasteiger partial charge in [-0.15, -0.1) is 0 Å². The van der Waals surface area contributed by atoms with Gasteiger partial charge >= 0.3 is 41.9 Å². The number of aromatic carboxylic acids is 1. The van der Waals surface area contributed by atoms with E-state index < -0.39 is 80.5 Å². The van der Waals surface area contributed by atoms with Gasteiger partial charge in [-0.1, -0.05) is 127 Å². The Morgan fingerprint density at radius 1 is 0.442 bits per heavy atom. The summed E-state index contributed by atoms with van der Waals surface area (Å²) in [7, 11) is 0. The first-order valence-corrected chi connectivity index (χ1v) is 46.4. The smallest absolute Gasteiger partial charge is 0.410 e. The summed E-state index contributed by atoms with van der Waals surface area (Å²) in [4.78, 5) is 168. The summed E-state index contributed by atoms with van der Waals surface area (Å²) >= 11 is 0. The second-order valence-electron chi connectivity index (χ2n) is 33.7. The minimum Gasteiger partial charge on any atom is -0.483 e. The lowest BCUT2D eigenvalue weighted by Crippen LogP contribution is -2.37. The van der Waals surface area contributed by atoms with Gasteiger partial charge in [-0.25, -0.2) is 42.3 Å². The van der Waals surface area contributed by atoms with E-state index in [0.717, 1.165) is 138 Å². The van der Waals surface area contributed by atoms with Gasteiger partial charge < -0.3 is 102 Å². The molecule has 15 rings (SSSR count). The van der Waals surface area contributed by atoms with Crippen LogP contribution in [0.25, 0.3) is 0 Å². The van der Waals surface area contributed by atoms with Gasteiger partial charge in [-0.3, -0.25) is 28.8 Å². The first-order valence-electron chi connectivity index (χ1n) is 46.4. The second kappa shape index (κ2) is 52.3. The van der Waals surface area contributed by atoms with Gasteiger partial charge in [-0.2, -0.15) is 0 Å². The van der Waals surface area contributed by atoms with Crippen molar-refractivity contribution in [1.29, 1.82) is 0 Å². The van der Waals surface area contributed by atoms with Gasteiger partial charge in [0.1, 0.15) is 72.2 Å². The number of amides is 3. The van der Waals surface area contributed by atoms with Crippen molar-refractivity contribution in [1.82, 2.24) is 33.7 Å². The number of ether oxygens (including phenoxy) is 10. The van der Waals surface area contributed by atoms with E-state index in [-0.39, 0.29) is 170 Å². The predicted octanol–water partition coefficient (Wildman–Crippen LogP) is 13.9. The monoisotopic (exact) mass is 1910 g/mol. The highest BCUT2D eigenvalue weighted by molar-refractivity contribution is 5.99. The number of nitrogens with one attached hydrogen (secondary N) is 1. The fourth-order valence-corrected chi connectivity index (χ4v) is 16.0. The fraction of sp³-hybridized carbons (Fsp3) is 0.422. The SMILES string of the molecule is CC(C)(C)OC(=O)N1CCCC(N)CC1.CCOC(=O)c1cn(C2CCCNCC2)c(C(=O)OCC)c(OCc2ccccc2)c1=O.CCOC(=O)c1cn2c(c(OCc3ccccc3)c1=O)C(=O)N1CCCC2CC1.CCOC(=O)c1occ(C(=O)OCC)c(=O)c1OCc1ccccc1.NCc1ccc(F)cc1F.O=C(O)c1cn2c(c(OCc3ccccc3)c1=O)C(=O)N1CCCC2CC1. The zero-order chi connectivity index (χ0) is 99.5. The lowest BCUT2D eigenvalue weighted by atomic mass is 10.1. The van der Waals surface area contributed by atoms with Crippen LogP contribution in [-0.4, -0.2) is 184 Å². The quantitative estimate of drug-likeness (QED) is 0.0305. The highest BCUT2D eigenvalue weighted by atomic mass is 19.1. The summed E-state index contributed by atoms with van der Waals surface area (Å²) in [5.41, 5.74) is 10.9. The molecule has 4 bridgehead atoms. The van der Waals surface area contributed by atoms with E-state index in [1.165, 1.54) is 30.7 Å². The normalized spacial score (nSPS) is 16.3. The molecule has 9 aromatic rings. The summed E-state index contributed by atoms with van der Waals surface area (Å²) in [6.45, 7) is 20.6. The van der Waals surface area contributed by atoms with Crippen LogP contribution in [0.3, 0.4) is 0 Å². The molecule has 4 aromatic heterocycles. The highest BCUT2D eigenvalue weighted by Gasteiger charge is 2.40. The number of benzene rings is 5. The number of carbonyl (C=O) groups is 9. The fourth-order valence-electron chi connectivity index (χ4n) is 16.0. The van der Waals surface area contributed by atoms with Gasteiger partial charge in [0.25, 0.3) is 17.6 Å². The Kier molecular flexibility index (Phi) is 40.1. The summed E-state index contributed by atoms with van der Waals surface area (Å²) < 4.78 is 88.4. The Bertz CT molecular complexity index is 5920. The zero-order valence-corrected chi connectivity index (χ0v) is 79.0. The van der Waals surface area contributed by atoms with Crippen molar-refractivity contribution in [3.05, 3.63) is 290 Å². The number of carboxylic acid groups (broad SMARTS) is 1. The molecule has 4 atom stereocenters. The molecule has 10 heterocycles. The van der Waals surface area contributed by atoms with Crippen molar-refractivity contribution in [3.8, 4) is 23.0 Å². The molecule has 6 N–H and O–H groups in total. The molecule has 36 heteroatoms. The lowest BCUT2D eigenvalue weighted by molar-refractivity contribution is 0.0254. The molecule has 4 saturated heterocycles. The molecule has 3 amide bonds. The number of fused-ring (bicyclic) bond motifs is 10. The Morgan fingerprint density at radius 2 is 0.848 bits per heavy atom. The van der Waals surface area contributed by atoms with Crippen molar-refractivity contribution in [3.63, 3.8) is 0 Å². The number of esters is 5. The largest absolute Gasteiger partial charge is 0.483 e. The van der Waals surface area contributed by atoms with E-state index in [0.29, 0.717) is 31.7 Å². The first-order chi connectivity index (χ1) is 66.4. The Morgan fingerprint density at radius 3 is 1.31 bits per heavy atom. The molecule has 4 fully saturated rings. The Labute approximate surface area is 797 Å². The van der Waals surface area contributed by atoms with E-state index in [4.69, 9.17) is 63.3 Å². The molecule has 0 radical (unpaired) electrons. The average molecular weight is 1910 g/mol. The number of carbonyl (C=O) groups excluding carboxylic acids is 8. The van der Waals surface area contributed by atoms with Crippen LogP contribution in [0, 0.1) is 11.6 Å². The number of likely N-dealkylation sites (tertiary alicyclic amines) is 1. The number of nitrogens with two attached hydrogens (primary N) is 2. The van der Waals surface area contributed by atoms with E-state index in [1.54, 1.807) is 75.2 Å². The molecule has 0 spiro atoms. The molecule has 6 aliphatic rings. The summed E-state index contributed by atoms with van der Waals surface area (Å²) in [5, 5.41) is 12.8. The second-order valence-corrected chi connectivity index (χ2v) is 33.7.